The third kappa shape index (κ3) is 6.19. The first-order valence-corrected chi connectivity index (χ1v) is 8.89. The molecule has 0 spiro atoms. The highest BCUT2D eigenvalue weighted by Crippen LogP contribution is 2.26. The fraction of sp³-hybridized carbons (Fsp3) is 0.250. The number of alkyl halides is 2. The van der Waals surface area contributed by atoms with Crippen molar-refractivity contribution in [3.05, 3.63) is 54.2 Å². The van der Waals surface area contributed by atoms with E-state index in [1.54, 1.807) is 17.8 Å². The summed E-state index contributed by atoms with van der Waals surface area (Å²) in [6.07, 6.45) is 2.20. The van der Waals surface area contributed by atoms with Crippen LogP contribution >= 0.6 is 23.5 Å². The molecule has 0 radical (unpaired) electrons. The normalized spacial score (nSPS) is 10.7. The molecule has 0 unspecified atom stereocenters. The average molecular weight is 354 g/mol. The van der Waals surface area contributed by atoms with Crippen LogP contribution in [-0.2, 0) is 0 Å². The Balaban J connectivity index is 1.77. The molecule has 0 saturated heterocycles. The van der Waals surface area contributed by atoms with E-state index in [-0.39, 0.29) is 28.3 Å². The molecule has 3 nitrogen and oxygen atoms in total. The minimum Gasteiger partial charge on any atom is -0.352 e. The monoisotopic (exact) mass is 354 g/mol. The van der Waals surface area contributed by atoms with Crippen molar-refractivity contribution in [2.24, 2.45) is 0 Å². The second-order valence-electron chi connectivity index (χ2n) is 4.51. The molecule has 2 rings (SSSR count). The molecule has 0 aliphatic carbocycles. The van der Waals surface area contributed by atoms with Gasteiger partial charge in [0.1, 0.15) is 5.03 Å². The first kappa shape index (κ1) is 17.7. The maximum atomic E-state index is 12.5. The van der Waals surface area contributed by atoms with Gasteiger partial charge in [0.05, 0.1) is 5.56 Å². The third-order valence-corrected chi connectivity index (χ3v) is 4.66. The van der Waals surface area contributed by atoms with E-state index in [9.17, 15) is 13.6 Å². The molecule has 23 heavy (non-hydrogen) atoms. The van der Waals surface area contributed by atoms with Crippen molar-refractivity contribution in [2.45, 2.75) is 22.1 Å². The quantitative estimate of drug-likeness (QED) is 0.567. The second kappa shape index (κ2) is 9.52. The number of nitrogens with zero attached hydrogens (tertiary/aromatic N) is 1. The minimum absolute atomic E-state index is 0.0543. The van der Waals surface area contributed by atoms with Gasteiger partial charge < -0.3 is 5.32 Å². The number of halogens is 2. The van der Waals surface area contributed by atoms with Crippen molar-refractivity contribution in [2.75, 3.05) is 12.3 Å². The van der Waals surface area contributed by atoms with Crippen LogP contribution in [0.3, 0.4) is 0 Å². The molecule has 0 aliphatic heterocycles. The van der Waals surface area contributed by atoms with Crippen molar-refractivity contribution in [1.29, 1.82) is 0 Å². The van der Waals surface area contributed by atoms with E-state index in [4.69, 9.17) is 0 Å². The highest BCUT2D eigenvalue weighted by Gasteiger charge is 2.16. The van der Waals surface area contributed by atoms with E-state index in [0.29, 0.717) is 6.54 Å². The summed E-state index contributed by atoms with van der Waals surface area (Å²) in [7, 11) is 0. The fourth-order valence-corrected chi connectivity index (χ4v) is 3.27. The van der Waals surface area contributed by atoms with Gasteiger partial charge in [-0.3, -0.25) is 4.79 Å². The molecule has 0 bridgehead atoms. The SMILES string of the molecule is O=C(NCCCSc1ccccc1)c1cccnc1SC(F)F. The van der Waals surface area contributed by atoms with Gasteiger partial charge in [0.15, 0.2) is 0 Å². The number of hydrogen-bond donors (Lipinski definition) is 1. The van der Waals surface area contributed by atoms with Crippen LogP contribution in [0.1, 0.15) is 16.8 Å². The summed E-state index contributed by atoms with van der Waals surface area (Å²) in [5, 5.41) is 2.80. The Bertz CT molecular complexity index is 626. The first-order valence-electron chi connectivity index (χ1n) is 7.02. The number of hydrogen-bond acceptors (Lipinski definition) is 4. The van der Waals surface area contributed by atoms with Crippen LogP contribution in [0, 0.1) is 0 Å². The minimum atomic E-state index is -2.60. The van der Waals surface area contributed by atoms with E-state index in [1.165, 1.54) is 17.2 Å². The van der Waals surface area contributed by atoms with Crippen molar-refractivity contribution in [3.63, 3.8) is 0 Å². The molecule has 0 atom stereocenters. The summed E-state index contributed by atoms with van der Waals surface area (Å²) in [6, 6.07) is 13.1. The Morgan fingerprint density at radius 3 is 2.70 bits per heavy atom. The van der Waals surface area contributed by atoms with E-state index < -0.39 is 5.76 Å². The molecule has 1 heterocycles. The molecule has 2 aromatic rings. The van der Waals surface area contributed by atoms with Crippen molar-refractivity contribution >= 4 is 29.4 Å². The molecule has 0 saturated carbocycles. The van der Waals surface area contributed by atoms with Crippen LogP contribution in [0.15, 0.2) is 58.6 Å². The predicted octanol–water partition coefficient (Wildman–Crippen LogP) is 4.31. The Kier molecular flexibility index (Phi) is 7.35. The Morgan fingerprint density at radius 2 is 1.96 bits per heavy atom. The predicted molar refractivity (Wildman–Crippen MR) is 90.2 cm³/mol. The zero-order valence-electron chi connectivity index (χ0n) is 12.2. The van der Waals surface area contributed by atoms with Crippen LogP contribution < -0.4 is 5.32 Å². The number of nitrogens with one attached hydrogen (secondary N) is 1. The van der Waals surface area contributed by atoms with Crippen LogP contribution in [0.2, 0.25) is 0 Å². The molecule has 7 heteroatoms. The smallest absolute Gasteiger partial charge is 0.290 e. The number of aromatic nitrogens is 1. The Morgan fingerprint density at radius 1 is 1.17 bits per heavy atom. The highest BCUT2D eigenvalue weighted by atomic mass is 32.2. The zero-order chi connectivity index (χ0) is 16.5. The lowest BCUT2D eigenvalue weighted by Gasteiger charge is -2.08. The molecule has 0 fully saturated rings. The molecular weight excluding hydrogens is 338 g/mol. The summed E-state index contributed by atoms with van der Waals surface area (Å²) in [4.78, 5) is 17.1. The van der Waals surface area contributed by atoms with E-state index in [0.717, 1.165) is 12.2 Å². The standard InChI is InChI=1S/C16H16F2N2OS2/c17-16(18)23-15-13(8-4-9-20-15)14(21)19-10-5-11-22-12-6-2-1-3-7-12/h1-4,6-9,16H,5,10-11H2,(H,19,21). The highest BCUT2D eigenvalue weighted by molar-refractivity contribution is 7.99. The van der Waals surface area contributed by atoms with Gasteiger partial charge in [-0.25, -0.2) is 4.98 Å². The van der Waals surface area contributed by atoms with Crippen molar-refractivity contribution in [1.82, 2.24) is 10.3 Å². The lowest BCUT2D eigenvalue weighted by molar-refractivity contribution is 0.0950. The largest absolute Gasteiger partial charge is 0.352 e. The molecule has 1 amide bonds. The summed E-state index contributed by atoms with van der Waals surface area (Å²) in [5.74, 6) is -2.10. The number of thioether (sulfide) groups is 2. The number of rotatable bonds is 8. The number of carbonyl (C=O) groups is 1. The molecule has 1 aromatic carbocycles. The topological polar surface area (TPSA) is 42.0 Å². The summed E-state index contributed by atoms with van der Waals surface area (Å²) in [5.41, 5.74) is 0.188. The zero-order valence-corrected chi connectivity index (χ0v) is 13.9. The number of pyridine rings is 1. The summed E-state index contributed by atoms with van der Waals surface area (Å²) < 4.78 is 24.9. The summed E-state index contributed by atoms with van der Waals surface area (Å²) in [6.45, 7) is 0.492. The maximum absolute atomic E-state index is 12.5. The van der Waals surface area contributed by atoms with Gasteiger partial charge in [0.2, 0.25) is 0 Å². The van der Waals surface area contributed by atoms with Gasteiger partial charge in [-0.15, -0.1) is 11.8 Å². The van der Waals surface area contributed by atoms with Crippen LogP contribution in [0.5, 0.6) is 0 Å². The van der Waals surface area contributed by atoms with Crippen molar-refractivity contribution < 1.29 is 13.6 Å². The van der Waals surface area contributed by atoms with Crippen LogP contribution in [-0.4, -0.2) is 28.9 Å². The fourth-order valence-electron chi connectivity index (χ4n) is 1.82. The maximum Gasteiger partial charge on any atom is 0.290 e. The van der Waals surface area contributed by atoms with Crippen LogP contribution in [0.4, 0.5) is 8.78 Å². The molecule has 0 aliphatic rings. The van der Waals surface area contributed by atoms with Gasteiger partial charge in [-0.2, -0.15) is 8.78 Å². The molecule has 122 valence electrons. The Hall–Kier alpha value is -1.60. The molecule has 1 aromatic heterocycles. The Labute approximate surface area is 142 Å². The summed E-state index contributed by atoms with van der Waals surface area (Å²) >= 11 is 2.00. The van der Waals surface area contributed by atoms with E-state index in [2.05, 4.69) is 10.3 Å². The van der Waals surface area contributed by atoms with E-state index in [1.807, 2.05) is 30.3 Å². The second-order valence-corrected chi connectivity index (χ2v) is 6.65. The van der Waals surface area contributed by atoms with Gasteiger partial charge in [-0.05, 0) is 48.2 Å². The number of amides is 1. The average Bonchev–Trinajstić information content (AvgIpc) is 2.55. The number of benzene rings is 1. The van der Waals surface area contributed by atoms with Crippen LogP contribution in [0.25, 0.3) is 0 Å². The first-order chi connectivity index (χ1) is 11.2. The van der Waals surface area contributed by atoms with E-state index >= 15 is 0 Å². The van der Waals surface area contributed by atoms with Crippen molar-refractivity contribution in [3.8, 4) is 0 Å². The molecule has 1 N–H and O–H groups in total. The van der Waals surface area contributed by atoms with Gasteiger partial charge in [0, 0.05) is 17.6 Å². The lowest BCUT2D eigenvalue weighted by atomic mass is 10.2. The van der Waals surface area contributed by atoms with Gasteiger partial charge in [0.25, 0.3) is 11.7 Å². The molecular formula is C16H16F2N2OS2. The third-order valence-electron chi connectivity index (χ3n) is 2.84. The van der Waals surface area contributed by atoms with Gasteiger partial charge >= 0.3 is 0 Å². The number of carbonyl (C=O) groups excluding carboxylic acids is 1. The van der Waals surface area contributed by atoms with Gasteiger partial charge in [-0.1, -0.05) is 18.2 Å². The lowest BCUT2D eigenvalue weighted by Crippen LogP contribution is -2.25.